The molecule has 0 fully saturated rings. The second kappa shape index (κ2) is 5.12. The molecule has 0 bridgehead atoms. The molecule has 5 heteroatoms. The van der Waals surface area contributed by atoms with Gasteiger partial charge in [-0.2, -0.15) is 0 Å². The molecule has 0 spiro atoms. The van der Waals surface area contributed by atoms with Gasteiger partial charge < -0.3 is 14.6 Å². The van der Waals surface area contributed by atoms with Crippen LogP contribution in [0.3, 0.4) is 0 Å². The first-order valence-electron chi connectivity index (χ1n) is 5.27. The summed E-state index contributed by atoms with van der Waals surface area (Å²) in [5.41, 5.74) is -0.920. The number of nitrogens with zero attached hydrogens (tertiary/aromatic N) is 2. The molecule has 90 valence electrons. The summed E-state index contributed by atoms with van der Waals surface area (Å²) in [5, 5.41) is 9.72. The molecule has 0 saturated heterocycles. The monoisotopic (exact) mass is 226 g/mol. The highest BCUT2D eigenvalue weighted by molar-refractivity contribution is 5.18. The van der Waals surface area contributed by atoms with Crippen LogP contribution >= 0.6 is 0 Å². The zero-order chi connectivity index (χ0) is 12.2. The molecule has 0 aliphatic carbocycles. The zero-order valence-electron chi connectivity index (χ0n) is 10.1. The van der Waals surface area contributed by atoms with E-state index in [-0.39, 0.29) is 6.10 Å². The quantitative estimate of drug-likeness (QED) is 0.822. The van der Waals surface area contributed by atoms with E-state index in [0.29, 0.717) is 18.4 Å². The van der Waals surface area contributed by atoms with Crippen molar-refractivity contribution in [3.8, 4) is 11.8 Å². The van der Waals surface area contributed by atoms with E-state index in [2.05, 4.69) is 9.97 Å². The summed E-state index contributed by atoms with van der Waals surface area (Å²) in [5.74, 6) is 0.864. The van der Waals surface area contributed by atoms with Crippen molar-refractivity contribution in [2.45, 2.75) is 39.4 Å². The molecule has 1 N–H and O–H groups in total. The Kier molecular flexibility index (Phi) is 4.06. The number of rotatable bonds is 5. The van der Waals surface area contributed by atoms with Crippen LogP contribution in [0.1, 0.15) is 27.7 Å². The van der Waals surface area contributed by atoms with Crippen molar-refractivity contribution < 1.29 is 14.6 Å². The van der Waals surface area contributed by atoms with E-state index in [1.54, 1.807) is 26.8 Å². The molecule has 1 atom stereocenters. The molecule has 1 rings (SSSR count). The molecule has 0 radical (unpaired) electrons. The fourth-order valence-electron chi connectivity index (χ4n) is 0.939. The maximum atomic E-state index is 9.72. The van der Waals surface area contributed by atoms with Gasteiger partial charge in [-0.05, 0) is 27.7 Å². The van der Waals surface area contributed by atoms with E-state index < -0.39 is 5.60 Å². The fraction of sp³-hybridized carbons (Fsp3) is 0.636. The predicted molar refractivity (Wildman–Crippen MR) is 59.6 cm³/mol. The highest BCUT2D eigenvalue weighted by Crippen LogP contribution is 2.18. The lowest BCUT2D eigenvalue weighted by Gasteiger charge is -2.25. The second-order valence-electron chi connectivity index (χ2n) is 4.04. The van der Waals surface area contributed by atoms with Gasteiger partial charge in [0.25, 0.3) is 0 Å². The van der Waals surface area contributed by atoms with Crippen LogP contribution < -0.4 is 9.47 Å². The third-order valence-electron chi connectivity index (χ3n) is 2.20. The Balaban J connectivity index is 2.70. The van der Waals surface area contributed by atoms with Gasteiger partial charge in [0.15, 0.2) is 0 Å². The zero-order valence-corrected chi connectivity index (χ0v) is 10.1. The van der Waals surface area contributed by atoms with Gasteiger partial charge in [0, 0.05) is 0 Å². The summed E-state index contributed by atoms with van der Waals surface area (Å²) < 4.78 is 10.7. The molecule has 0 saturated carbocycles. The van der Waals surface area contributed by atoms with E-state index in [0.717, 1.165) is 0 Å². The third kappa shape index (κ3) is 3.66. The number of ether oxygens (including phenoxy) is 2. The summed E-state index contributed by atoms with van der Waals surface area (Å²) in [4.78, 5) is 7.87. The largest absolute Gasteiger partial charge is 0.478 e. The molecule has 16 heavy (non-hydrogen) atoms. The SMILES string of the molecule is CCOc1cc(OC(C)C(C)(C)O)ncn1. The van der Waals surface area contributed by atoms with Crippen molar-refractivity contribution in [2.75, 3.05) is 6.61 Å². The predicted octanol–water partition coefficient (Wildman–Crippen LogP) is 1.41. The fourth-order valence-corrected chi connectivity index (χ4v) is 0.939. The normalized spacial score (nSPS) is 13.3. The number of aromatic nitrogens is 2. The van der Waals surface area contributed by atoms with Crippen LogP contribution in [0.2, 0.25) is 0 Å². The Labute approximate surface area is 95.4 Å². The first-order valence-corrected chi connectivity index (χ1v) is 5.27. The molecule has 5 nitrogen and oxygen atoms in total. The van der Waals surface area contributed by atoms with E-state index >= 15 is 0 Å². The van der Waals surface area contributed by atoms with Crippen LogP contribution in [0.5, 0.6) is 11.8 Å². The van der Waals surface area contributed by atoms with Gasteiger partial charge in [0.1, 0.15) is 12.4 Å². The van der Waals surface area contributed by atoms with Crippen molar-refractivity contribution in [3.63, 3.8) is 0 Å². The van der Waals surface area contributed by atoms with Crippen LogP contribution in [0, 0.1) is 0 Å². The van der Waals surface area contributed by atoms with Gasteiger partial charge in [-0.1, -0.05) is 0 Å². The van der Waals surface area contributed by atoms with Crippen molar-refractivity contribution in [3.05, 3.63) is 12.4 Å². The lowest BCUT2D eigenvalue weighted by atomic mass is 10.0. The van der Waals surface area contributed by atoms with Gasteiger partial charge in [-0.15, -0.1) is 0 Å². The molecule has 0 aliphatic rings. The maximum absolute atomic E-state index is 9.72. The average Bonchev–Trinajstić information content (AvgIpc) is 2.17. The van der Waals surface area contributed by atoms with Crippen LogP contribution in [-0.4, -0.2) is 33.4 Å². The minimum atomic E-state index is -0.920. The lowest BCUT2D eigenvalue weighted by molar-refractivity contribution is -0.0261. The summed E-state index contributed by atoms with van der Waals surface area (Å²) >= 11 is 0. The number of hydrogen-bond acceptors (Lipinski definition) is 5. The highest BCUT2D eigenvalue weighted by atomic mass is 16.5. The molecule has 1 aromatic rings. The lowest BCUT2D eigenvalue weighted by Crippen LogP contribution is -2.38. The van der Waals surface area contributed by atoms with Crippen LogP contribution in [-0.2, 0) is 0 Å². The molecule has 1 heterocycles. The first kappa shape index (κ1) is 12.7. The summed E-state index contributed by atoms with van der Waals surface area (Å²) in [6, 6.07) is 1.60. The summed E-state index contributed by atoms with van der Waals surface area (Å²) in [7, 11) is 0. The molecule has 1 aromatic heterocycles. The summed E-state index contributed by atoms with van der Waals surface area (Å²) in [6.45, 7) is 7.56. The Morgan fingerprint density at radius 3 is 2.56 bits per heavy atom. The molecule has 1 unspecified atom stereocenters. The third-order valence-corrected chi connectivity index (χ3v) is 2.20. The molecular weight excluding hydrogens is 208 g/mol. The van der Waals surface area contributed by atoms with E-state index in [9.17, 15) is 5.11 Å². The van der Waals surface area contributed by atoms with Gasteiger partial charge in [-0.3, -0.25) is 0 Å². The Bertz CT molecular complexity index is 336. The van der Waals surface area contributed by atoms with Gasteiger partial charge in [0.05, 0.1) is 18.3 Å². The molecule has 0 aliphatic heterocycles. The van der Waals surface area contributed by atoms with E-state index in [4.69, 9.17) is 9.47 Å². The van der Waals surface area contributed by atoms with Crippen molar-refractivity contribution in [2.24, 2.45) is 0 Å². The molecule has 0 amide bonds. The van der Waals surface area contributed by atoms with Crippen molar-refractivity contribution in [1.82, 2.24) is 9.97 Å². The van der Waals surface area contributed by atoms with Crippen molar-refractivity contribution in [1.29, 1.82) is 0 Å². The van der Waals surface area contributed by atoms with Crippen LogP contribution in [0.25, 0.3) is 0 Å². The topological polar surface area (TPSA) is 64.5 Å². The molecule has 0 aromatic carbocycles. The molecular formula is C11H18N2O3. The average molecular weight is 226 g/mol. The van der Waals surface area contributed by atoms with Crippen molar-refractivity contribution >= 4 is 0 Å². The van der Waals surface area contributed by atoms with Gasteiger partial charge >= 0.3 is 0 Å². The van der Waals surface area contributed by atoms with Crippen LogP contribution in [0.15, 0.2) is 12.4 Å². The smallest absolute Gasteiger partial charge is 0.220 e. The van der Waals surface area contributed by atoms with Gasteiger partial charge in [0.2, 0.25) is 11.8 Å². The number of hydrogen-bond donors (Lipinski definition) is 1. The van der Waals surface area contributed by atoms with Crippen LogP contribution in [0.4, 0.5) is 0 Å². The summed E-state index contributed by atoms with van der Waals surface area (Å²) in [6.07, 6.45) is 1.01. The maximum Gasteiger partial charge on any atom is 0.220 e. The Morgan fingerprint density at radius 2 is 2.00 bits per heavy atom. The number of aliphatic hydroxyl groups is 1. The standard InChI is InChI=1S/C11H18N2O3/c1-5-15-9-6-10(13-7-12-9)16-8(2)11(3,4)14/h6-8,14H,5H2,1-4H3. The van der Waals surface area contributed by atoms with Gasteiger partial charge in [-0.25, -0.2) is 9.97 Å². The van der Waals surface area contributed by atoms with E-state index in [1.807, 2.05) is 6.92 Å². The Hall–Kier alpha value is -1.36. The minimum Gasteiger partial charge on any atom is -0.478 e. The minimum absolute atomic E-state index is 0.364. The Morgan fingerprint density at radius 1 is 1.38 bits per heavy atom. The second-order valence-corrected chi connectivity index (χ2v) is 4.04. The highest BCUT2D eigenvalue weighted by Gasteiger charge is 2.24. The first-order chi connectivity index (χ1) is 7.43. The van der Waals surface area contributed by atoms with E-state index in [1.165, 1.54) is 6.33 Å².